The van der Waals surface area contributed by atoms with Crippen LogP contribution in [0.3, 0.4) is 0 Å². The van der Waals surface area contributed by atoms with Crippen molar-refractivity contribution in [3.05, 3.63) is 68.8 Å². The molecule has 0 aliphatic heterocycles. The van der Waals surface area contributed by atoms with E-state index in [2.05, 4.69) is 28.7 Å². The molecule has 0 fully saturated rings. The van der Waals surface area contributed by atoms with Gasteiger partial charge in [-0.2, -0.15) is 5.26 Å². The lowest BCUT2D eigenvalue weighted by molar-refractivity contribution is 0.0576. The first kappa shape index (κ1) is 14.0. The standard InChI is InChI=1S/C16H14INO/c1-16(19,10-12-4-8-15(17)9-5-12)14-6-2-13(11-18)3-7-14/h2-9,19H,10H2,1H3. The Labute approximate surface area is 126 Å². The Morgan fingerprint density at radius 3 is 2.21 bits per heavy atom. The van der Waals surface area contributed by atoms with Crippen molar-refractivity contribution >= 4 is 22.6 Å². The minimum Gasteiger partial charge on any atom is -0.385 e. The summed E-state index contributed by atoms with van der Waals surface area (Å²) in [6.07, 6.45) is 0.551. The monoisotopic (exact) mass is 363 g/mol. The molecular weight excluding hydrogens is 349 g/mol. The van der Waals surface area contributed by atoms with Crippen molar-refractivity contribution in [1.29, 1.82) is 5.26 Å². The van der Waals surface area contributed by atoms with Crippen molar-refractivity contribution in [2.75, 3.05) is 0 Å². The fourth-order valence-electron chi connectivity index (χ4n) is 2.01. The highest BCUT2D eigenvalue weighted by Gasteiger charge is 2.23. The highest BCUT2D eigenvalue weighted by Crippen LogP contribution is 2.25. The molecule has 2 nitrogen and oxygen atoms in total. The molecule has 0 saturated carbocycles. The van der Waals surface area contributed by atoms with E-state index in [-0.39, 0.29) is 0 Å². The summed E-state index contributed by atoms with van der Waals surface area (Å²) >= 11 is 2.26. The van der Waals surface area contributed by atoms with Crippen LogP contribution in [0.15, 0.2) is 48.5 Å². The number of benzene rings is 2. The van der Waals surface area contributed by atoms with Crippen LogP contribution in [0.25, 0.3) is 0 Å². The third-order valence-corrected chi connectivity index (χ3v) is 3.82. The van der Waals surface area contributed by atoms with Gasteiger partial charge in [-0.1, -0.05) is 24.3 Å². The smallest absolute Gasteiger partial charge is 0.0991 e. The van der Waals surface area contributed by atoms with Gasteiger partial charge in [-0.3, -0.25) is 0 Å². The van der Waals surface area contributed by atoms with Crippen LogP contribution in [0.2, 0.25) is 0 Å². The lowest BCUT2D eigenvalue weighted by atomic mass is 9.89. The van der Waals surface area contributed by atoms with Crippen LogP contribution in [0, 0.1) is 14.9 Å². The molecule has 3 heteroatoms. The Kier molecular flexibility index (Phi) is 4.23. The summed E-state index contributed by atoms with van der Waals surface area (Å²) in [5.41, 5.74) is 1.59. The Morgan fingerprint density at radius 1 is 1.11 bits per heavy atom. The van der Waals surface area contributed by atoms with Gasteiger partial charge in [0.15, 0.2) is 0 Å². The number of aliphatic hydroxyl groups is 1. The summed E-state index contributed by atoms with van der Waals surface area (Å²) in [6, 6.07) is 17.3. The van der Waals surface area contributed by atoms with Gasteiger partial charge in [0.2, 0.25) is 0 Å². The first-order chi connectivity index (χ1) is 9.01. The zero-order valence-corrected chi connectivity index (χ0v) is 12.8. The SMILES string of the molecule is CC(O)(Cc1ccc(I)cc1)c1ccc(C#N)cc1. The van der Waals surface area contributed by atoms with Crippen LogP contribution in [-0.2, 0) is 12.0 Å². The summed E-state index contributed by atoms with van der Waals surface area (Å²) in [6.45, 7) is 1.80. The third-order valence-electron chi connectivity index (χ3n) is 3.10. The predicted octanol–water partition coefficient (Wildman–Crippen LogP) is 3.61. The third kappa shape index (κ3) is 3.55. The molecule has 19 heavy (non-hydrogen) atoms. The van der Waals surface area contributed by atoms with Crippen LogP contribution in [-0.4, -0.2) is 5.11 Å². The predicted molar refractivity (Wildman–Crippen MR) is 83.6 cm³/mol. The lowest BCUT2D eigenvalue weighted by Gasteiger charge is -2.24. The van der Waals surface area contributed by atoms with Crippen molar-refractivity contribution in [2.24, 2.45) is 0 Å². The molecule has 2 aromatic rings. The maximum Gasteiger partial charge on any atom is 0.0991 e. The van der Waals surface area contributed by atoms with E-state index in [1.54, 1.807) is 19.1 Å². The van der Waals surface area contributed by atoms with Crippen LogP contribution in [0.1, 0.15) is 23.6 Å². The number of rotatable bonds is 3. The molecule has 0 radical (unpaired) electrons. The maximum absolute atomic E-state index is 10.6. The van der Waals surface area contributed by atoms with Crippen molar-refractivity contribution in [2.45, 2.75) is 18.9 Å². The second-order valence-corrected chi connectivity index (χ2v) is 6.01. The largest absolute Gasteiger partial charge is 0.385 e. The quantitative estimate of drug-likeness (QED) is 0.847. The van der Waals surface area contributed by atoms with E-state index in [1.807, 2.05) is 36.4 Å². The maximum atomic E-state index is 10.6. The van der Waals surface area contributed by atoms with Crippen molar-refractivity contribution in [3.8, 4) is 6.07 Å². The summed E-state index contributed by atoms with van der Waals surface area (Å²) in [5, 5.41) is 19.4. The molecule has 0 spiro atoms. The second kappa shape index (κ2) is 5.72. The van der Waals surface area contributed by atoms with E-state index in [9.17, 15) is 5.11 Å². The molecule has 0 aliphatic carbocycles. The van der Waals surface area contributed by atoms with Gasteiger partial charge in [0.1, 0.15) is 0 Å². The van der Waals surface area contributed by atoms with E-state index in [1.165, 1.54) is 3.57 Å². The van der Waals surface area contributed by atoms with Gasteiger partial charge in [-0.15, -0.1) is 0 Å². The minimum absolute atomic E-state index is 0.551. The zero-order valence-electron chi connectivity index (χ0n) is 10.6. The second-order valence-electron chi connectivity index (χ2n) is 4.77. The minimum atomic E-state index is -0.930. The van der Waals surface area contributed by atoms with Crippen molar-refractivity contribution in [3.63, 3.8) is 0 Å². The molecule has 96 valence electrons. The number of hydrogen-bond donors (Lipinski definition) is 1. The number of hydrogen-bond acceptors (Lipinski definition) is 2. The van der Waals surface area contributed by atoms with E-state index in [4.69, 9.17) is 5.26 Å². The Bertz CT molecular complexity index is 594. The fourth-order valence-corrected chi connectivity index (χ4v) is 2.37. The molecule has 2 rings (SSSR count). The fraction of sp³-hybridized carbons (Fsp3) is 0.188. The normalized spacial score (nSPS) is 13.6. The summed E-state index contributed by atoms with van der Waals surface area (Å²) in [4.78, 5) is 0. The first-order valence-electron chi connectivity index (χ1n) is 5.99. The highest BCUT2D eigenvalue weighted by atomic mass is 127. The molecule has 1 unspecified atom stereocenters. The van der Waals surface area contributed by atoms with Gasteiger partial charge in [0.25, 0.3) is 0 Å². The van der Waals surface area contributed by atoms with Crippen molar-refractivity contribution in [1.82, 2.24) is 0 Å². The molecule has 1 atom stereocenters. The first-order valence-corrected chi connectivity index (χ1v) is 7.06. The molecule has 0 aromatic heterocycles. The molecule has 0 amide bonds. The van der Waals surface area contributed by atoms with Crippen LogP contribution < -0.4 is 0 Å². The average Bonchev–Trinajstić information content (AvgIpc) is 2.41. The van der Waals surface area contributed by atoms with E-state index >= 15 is 0 Å². The summed E-state index contributed by atoms with van der Waals surface area (Å²) in [5.74, 6) is 0. The highest BCUT2D eigenvalue weighted by molar-refractivity contribution is 14.1. The Hall–Kier alpha value is -1.38. The summed E-state index contributed by atoms with van der Waals surface area (Å²) in [7, 11) is 0. The topological polar surface area (TPSA) is 44.0 Å². The van der Waals surface area contributed by atoms with Crippen LogP contribution in [0.5, 0.6) is 0 Å². The lowest BCUT2D eigenvalue weighted by Crippen LogP contribution is -2.24. The Morgan fingerprint density at radius 2 is 1.68 bits per heavy atom. The molecular formula is C16H14INO. The number of halogens is 1. The van der Waals surface area contributed by atoms with Gasteiger partial charge < -0.3 is 5.11 Å². The number of nitriles is 1. The van der Waals surface area contributed by atoms with Gasteiger partial charge >= 0.3 is 0 Å². The van der Waals surface area contributed by atoms with Crippen LogP contribution >= 0.6 is 22.6 Å². The van der Waals surface area contributed by atoms with E-state index in [0.717, 1.165) is 11.1 Å². The van der Waals surface area contributed by atoms with Gasteiger partial charge in [0.05, 0.1) is 17.2 Å². The van der Waals surface area contributed by atoms with Gasteiger partial charge in [0, 0.05) is 9.99 Å². The van der Waals surface area contributed by atoms with Gasteiger partial charge in [-0.25, -0.2) is 0 Å². The average molecular weight is 363 g/mol. The molecule has 0 heterocycles. The molecule has 0 saturated heterocycles. The summed E-state index contributed by atoms with van der Waals surface area (Å²) < 4.78 is 1.18. The Balaban J connectivity index is 2.21. The van der Waals surface area contributed by atoms with Gasteiger partial charge in [-0.05, 0) is 64.9 Å². The van der Waals surface area contributed by atoms with Crippen LogP contribution in [0.4, 0.5) is 0 Å². The zero-order chi connectivity index (χ0) is 13.9. The molecule has 0 aliphatic rings. The molecule has 2 aromatic carbocycles. The van der Waals surface area contributed by atoms with E-state index in [0.29, 0.717) is 12.0 Å². The van der Waals surface area contributed by atoms with Crippen molar-refractivity contribution < 1.29 is 5.11 Å². The number of nitrogens with zero attached hydrogens (tertiary/aromatic N) is 1. The molecule has 1 N–H and O–H groups in total. The van der Waals surface area contributed by atoms with E-state index < -0.39 is 5.60 Å². The molecule has 0 bridgehead atoms.